The molecule has 0 aromatic heterocycles. The number of carbonyl (C=O) groups is 4. The van der Waals surface area contributed by atoms with Gasteiger partial charge in [-0.15, -0.1) is 0 Å². The molecule has 118 valence electrons. The summed E-state index contributed by atoms with van der Waals surface area (Å²) in [6, 6.07) is 0. The van der Waals surface area contributed by atoms with Crippen molar-refractivity contribution in [2.45, 2.75) is 13.8 Å². The fourth-order valence-electron chi connectivity index (χ4n) is 0.989. The van der Waals surface area contributed by atoms with Gasteiger partial charge in [-0.1, -0.05) is 19.7 Å². The summed E-state index contributed by atoms with van der Waals surface area (Å²) >= 11 is 0. The van der Waals surface area contributed by atoms with Crippen molar-refractivity contribution in [2.75, 3.05) is 0 Å². The van der Waals surface area contributed by atoms with E-state index in [1.54, 1.807) is 0 Å². The predicted octanol–water partition coefficient (Wildman–Crippen LogP) is 0.481. The lowest BCUT2D eigenvalue weighted by Crippen LogP contribution is -2.43. The topological polar surface area (TPSA) is 116 Å². The van der Waals surface area contributed by atoms with Crippen molar-refractivity contribution >= 4 is 23.8 Å². The van der Waals surface area contributed by atoms with Crippen LogP contribution in [-0.4, -0.2) is 28.8 Å². The molecule has 2 amide bonds. The van der Waals surface area contributed by atoms with Crippen molar-refractivity contribution < 1.29 is 28.7 Å². The van der Waals surface area contributed by atoms with E-state index in [1.165, 1.54) is 13.8 Å². The molecule has 0 spiro atoms. The van der Waals surface area contributed by atoms with E-state index >= 15 is 0 Å². The molecule has 8 nitrogen and oxygen atoms in total. The molecular formula is C14H16N2O6. The molecule has 0 aromatic rings. The molecule has 0 saturated carbocycles. The van der Waals surface area contributed by atoms with Gasteiger partial charge < -0.3 is 9.47 Å². The van der Waals surface area contributed by atoms with Crippen molar-refractivity contribution in [3.8, 4) is 0 Å². The molecule has 0 aliphatic rings. The van der Waals surface area contributed by atoms with Crippen LogP contribution >= 0.6 is 0 Å². The number of rotatable bonds is 6. The van der Waals surface area contributed by atoms with Crippen LogP contribution in [0, 0.1) is 0 Å². The largest absolute Gasteiger partial charge is 0.424 e. The Morgan fingerprint density at radius 3 is 2.00 bits per heavy atom. The first-order chi connectivity index (χ1) is 10.1. The number of carbonyl (C=O) groups excluding carboxylic acids is 4. The van der Waals surface area contributed by atoms with Crippen LogP contribution < -0.4 is 5.84 Å². The van der Waals surface area contributed by atoms with Gasteiger partial charge in [-0.3, -0.25) is 9.59 Å². The molecule has 0 unspecified atom stereocenters. The molecule has 0 rings (SSSR count). The van der Waals surface area contributed by atoms with Gasteiger partial charge in [0.1, 0.15) is 0 Å². The molecule has 0 aliphatic heterocycles. The number of amides is 2. The molecule has 0 bridgehead atoms. The van der Waals surface area contributed by atoms with Crippen LogP contribution in [0.3, 0.4) is 0 Å². The molecule has 0 radical (unpaired) electrons. The highest BCUT2D eigenvalue weighted by atomic mass is 16.6. The minimum Gasteiger partial charge on any atom is -0.424 e. The highest BCUT2D eigenvalue weighted by molar-refractivity contribution is 6.07. The van der Waals surface area contributed by atoms with Crippen LogP contribution in [0.2, 0.25) is 0 Å². The standard InChI is InChI=1S/C14H16N2O6/c1-6-10(17)16(15)13(19)12(22-11(18)7-2)9(5)21-14(20)8(3)4/h6-7H,1-3,15H2,4-5H3. The number of allylic oxidation sites excluding steroid dienone is 1. The number of hydrazine groups is 1. The molecule has 22 heavy (non-hydrogen) atoms. The van der Waals surface area contributed by atoms with Gasteiger partial charge in [0.15, 0.2) is 5.76 Å². The van der Waals surface area contributed by atoms with Crippen molar-refractivity contribution in [1.29, 1.82) is 0 Å². The predicted molar refractivity (Wildman–Crippen MR) is 76.1 cm³/mol. The Morgan fingerprint density at radius 1 is 1.05 bits per heavy atom. The third-order valence-electron chi connectivity index (χ3n) is 2.11. The van der Waals surface area contributed by atoms with Gasteiger partial charge in [0, 0.05) is 11.6 Å². The maximum absolute atomic E-state index is 12.0. The van der Waals surface area contributed by atoms with E-state index in [2.05, 4.69) is 24.5 Å². The van der Waals surface area contributed by atoms with Gasteiger partial charge in [0.05, 0.1) is 0 Å². The lowest BCUT2D eigenvalue weighted by Gasteiger charge is -2.16. The van der Waals surface area contributed by atoms with Gasteiger partial charge in [0.2, 0.25) is 5.76 Å². The molecule has 0 saturated heterocycles. The molecule has 8 heteroatoms. The second kappa shape index (κ2) is 8.32. The fourth-order valence-corrected chi connectivity index (χ4v) is 0.989. The summed E-state index contributed by atoms with van der Waals surface area (Å²) in [4.78, 5) is 46.1. The normalized spacial score (nSPS) is 10.7. The van der Waals surface area contributed by atoms with Gasteiger partial charge in [-0.05, 0) is 19.9 Å². The number of hydrogen-bond donors (Lipinski definition) is 1. The lowest BCUT2D eigenvalue weighted by atomic mass is 10.3. The highest BCUT2D eigenvalue weighted by Crippen LogP contribution is 2.13. The van der Waals surface area contributed by atoms with E-state index < -0.39 is 29.5 Å². The first kappa shape index (κ1) is 19.0. The number of nitrogens with two attached hydrogens (primary N) is 1. The Kier molecular flexibility index (Phi) is 7.19. The Hall–Kier alpha value is -3.00. The van der Waals surface area contributed by atoms with Crippen LogP contribution in [0.1, 0.15) is 13.8 Å². The van der Waals surface area contributed by atoms with Gasteiger partial charge in [-0.25, -0.2) is 20.4 Å². The third-order valence-corrected chi connectivity index (χ3v) is 2.11. The maximum Gasteiger partial charge on any atom is 0.338 e. The molecule has 0 aliphatic carbocycles. The minimum atomic E-state index is -1.20. The molecule has 0 atom stereocenters. The van der Waals surface area contributed by atoms with Crippen LogP contribution in [-0.2, 0) is 28.7 Å². The van der Waals surface area contributed by atoms with E-state index in [0.29, 0.717) is 0 Å². The van der Waals surface area contributed by atoms with Gasteiger partial charge in [0.25, 0.3) is 5.91 Å². The summed E-state index contributed by atoms with van der Waals surface area (Å²) in [5, 5.41) is 0.150. The average Bonchev–Trinajstić information content (AvgIpc) is 2.49. The quantitative estimate of drug-likeness (QED) is 0.189. The second-order valence-corrected chi connectivity index (χ2v) is 3.90. The number of imide groups is 1. The van der Waals surface area contributed by atoms with Gasteiger partial charge in [-0.2, -0.15) is 0 Å². The summed E-state index contributed by atoms with van der Waals surface area (Å²) in [6.07, 6.45) is 1.55. The molecule has 0 fully saturated rings. The zero-order chi connectivity index (χ0) is 17.4. The monoisotopic (exact) mass is 308 g/mol. The lowest BCUT2D eigenvalue weighted by molar-refractivity contribution is -0.148. The minimum absolute atomic E-state index is 0.0490. The van der Waals surface area contributed by atoms with Crippen LogP contribution in [0.4, 0.5) is 0 Å². The zero-order valence-electron chi connectivity index (χ0n) is 12.3. The summed E-state index contributed by atoms with van der Waals surface area (Å²) in [7, 11) is 0. The third kappa shape index (κ3) is 5.17. The van der Waals surface area contributed by atoms with E-state index in [0.717, 1.165) is 12.2 Å². The van der Waals surface area contributed by atoms with Crippen LogP contribution in [0.15, 0.2) is 49.0 Å². The molecular weight excluding hydrogens is 292 g/mol. The van der Waals surface area contributed by atoms with Crippen molar-refractivity contribution in [1.82, 2.24) is 5.01 Å². The Balaban J connectivity index is 5.66. The number of hydrogen-bond acceptors (Lipinski definition) is 7. The smallest absolute Gasteiger partial charge is 0.338 e. The number of esters is 2. The summed E-state index contributed by atoms with van der Waals surface area (Å²) < 4.78 is 9.47. The highest BCUT2D eigenvalue weighted by Gasteiger charge is 2.27. The molecule has 0 aromatic carbocycles. The van der Waals surface area contributed by atoms with Crippen molar-refractivity contribution in [2.24, 2.45) is 5.84 Å². The summed E-state index contributed by atoms with van der Waals surface area (Å²) in [5.74, 6) is 0.152. The van der Waals surface area contributed by atoms with Crippen LogP contribution in [0.25, 0.3) is 0 Å². The summed E-state index contributed by atoms with van der Waals surface area (Å²) in [6.45, 7) is 12.2. The first-order valence-corrected chi connectivity index (χ1v) is 5.84. The van der Waals surface area contributed by atoms with Crippen molar-refractivity contribution in [3.05, 3.63) is 49.0 Å². The Bertz CT molecular complexity index is 588. The fraction of sp³-hybridized carbons (Fsp3) is 0.143. The Labute approximate surface area is 127 Å². The summed E-state index contributed by atoms with van der Waals surface area (Å²) in [5.41, 5.74) is 0.0490. The van der Waals surface area contributed by atoms with Crippen LogP contribution in [0.5, 0.6) is 0 Å². The maximum atomic E-state index is 12.0. The SMILES string of the molecule is C=CC(=O)OC(C(=O)N(N)C(=O)C=C)=C(C)OC(=O)C(=C)C. The van der Waals surface area contributed by atoms with Gasteiger partial charge >= 0.3 is 17.8 Å². The number of ether oxygens (including phenoxy) is 2. The van der Waals surface area contributed by atoms with Crippen molar-refractivity contribution in [3.63, 3.8) is 0 Å². The van der Waals surface area contributed by atoms with E-state index in [9.17, 15) is 19.2 Å². The number of nitrogens with zero attached hydrogens (tertiary/aromatic N) is 1. The molecule has 0 heterocycles. The van der Waals surface area contributed by atoms with E-state index in [4.69, 9.17) is 10.6 Å². The first-order valence-electron chi connectivity index (χ1n) is 5.84. The zero-order valence-corrected chi connectivity index (χ0v) is 12.3. The van der Waals surface area contributed by atoms with E-state index in [1.807, 2.05) is 0 Å². The Morgan fingerprint density at radius 2 is 1.59 bits per heavy atom. The van der Waals surface area contributed by atoms with E-state index in [-0.39, 0.29) is 16.3 Å². The second-order valence-electron chi connectivity index (χ2n) is 3.90. The molecule has 2 N–H and O–H groups in total. The average molecular weight is 308 g/mol.